The second-order valence-electron chi connectivity index (χ2n) is 6.96. The number of aromatic nitrogens is 6. The van der Waals surface area contributed by atoms with Crippen LogP contribution in [-0.2, 0) is 0 Å². The third kappa shape index (κ3) is 10.2. The molecule has 14 nitrogen and oxygen atoms in total. The molecule has 2 rings (SSSR count). The fourth-order valence-electron chi connectivity index (χ4n) is 2.63. The van der Waals surface area contributed by atoms with E-state index in [1.54, 1.807) is 0 Å². The van der Waals surface area contributed by atoms with Crippen LogP contribution < -0.4 is 32.7 Å². The number of hydrogen-bond donors (Lipinski definition) is 8. The molecule has 0 spiro atoms. The number of unbranched alkanes of at least 4 members (excludes halogenated alkanes) is 3. The van der Waals surface area contributed by atoms with Gasteiger partial charge in [-0.25, -0.2) is 0 Å². The van der Waals surface area contributed by atoms with E-state index in [1.165, 1.54) is 0 Å². The number of aliphatic hydroxyl groups is 2. The molecule has 0 unspecified atom stereocenters. The maximum absolute atomic E-state index is 8.91. The quantitative estimate of drug-likeness (QED) is 0.147. The number of nitrogens with zero attached hydrogens (tertiary/aromatic N) is 6. The maximum atomic E-state index is 8.91. The van der Waals surface area contributed by atoms with E-state index in [4.69, 9.17) is 21.7 Å². The minimum absolute atomic E-state index is 0.0815. The highest BCUT2D eigenvalue weighted by atomic mass is 16.3. The number of hydrogen-bond acceptors (Lipinski definition) is 14. The summed E-state index contributed by atoms with van der Waals surface area (Å²) >= 11 is 0. The molecule has 0 bridgehead atoms. The number of nitrogen functional groups attached to an aromatic ring is 2. The maximum Gasteiger partial charge on any atom is 0.229 e. The van der Waals surface area contributed by atoms with Crippen molar-refractivity contribution < 1.29 is 10.2 Å². The van der Waals surface area contributed by atoms with Crippen LogP contribution in [-0.4, -0.2) is 79.5 Å². The topological polar surface area (TPSA) is 218 Å². The Hall–Kier alpha value is -3.26. The summed E-state index contributed by atoms with van der Waals surface area (Å²) in [6.45, 7) is 2.95. The number of rotatable bonds is 17. The molecule has 0 saturated carbocycles. The van der Waals surface area contributed by atoms with Crippen molar-refractivity contribution in [1.82, 2.24) is 29.9 Å². The first-order valence-corrected chi connectivity index (χ1v) is 10.8. The van der Waals surface area contributed by atoms with Crippen LogP contribution in [0.3, 0.4) is 0 Å². The van der Waals surface area contributed by atoms with Crippen molar-refractivity contribution >= 4 is 35.7 Å². The van der Waals surface area contributed by atoms with Gasteiger partial charge < -0.3 is 42.9 Å². The predicted octanol–water partition coefficient (Wildman–Crippen LogP) is -0.106. The Labute approximate surface area is 187 Å². The minimum atomic E-state index is 0.0815. The van der Waals surface area contributed by atoms with Gasteiger partial charge in [-0.15, -0.1) is 0 Å². The zero-order valence-corrected chi connectivity index (χ0v) is 18.2. The largest absolute Gasteiger partial charge is 0.396 e. The lowest BCUT2D eigenvalue weighted by molar-refractivity contribution is 0.286. The van der Waals surface area contributed by atoms with Crippen LogP contribution in [0.2, 0.25) is 0 Å². The Kier molecular flexibility index (Phi) is 11.5. The molecule has 0 aliphatic heterocycles. The molecule has 0 fully saturated rings. The van der Waals surface area contributed by atoms with Gasteiger partial charge in [-0.3, -0.25) is 0 Å². The first-order valence-electron chi connectivity index (χ1n) is 10.8. The van der Waals surface area contributed by atoms with E-state index < -0.39 is 0 Å². The summed E-state index contributed by atoms with van der Waals surface area (Å²) in [5.41, 5.74) is 11.1. The molecule has 0 amide bonds. The van der Waals surface area contributed by atoms with E-state index in [9.17, 15) is 0 Å². The van der Waals surface area contributed by atoms with Gasteiger partial charge in [0.05, 0.1) is 0 Å². The van der Waals surface area contributed by atoms with E-state index in [1.807, 2.05) is 0 Å². The highest BCUT2D eigenvalue weighted by molar-refractivity contribution is 5.42. The van der Waals surface area contributed by atoms with Crippen molar-refractivity contribution in [1.29, 1.82) is 0 Å². The summed E-state index contributed by atoms with van der Waals surface area (Å²) in [7, 11) is 0. The van der Waals surface area contributed by atoms with Crippen molar-refractivity contribution in [2.45, 2.75) is 38.5 Å². The summed E-state index contributed by atoms with van der Waals surface area (Å²) in [5.74, 6) is 1.93. The van der Waals surface area contributed by atoms with Gasteiger partial charge in [-0.05, 0) is 38.5 Å². The van der Waals surface area contributed by atoms with Crippen molar-refractivity contribution in [3.63, 3.8) is 0 Å². The Morgan fingerprint density at radius 3 is 1.12 bits per heavy atom. The summed E-state index contributed by atoms with van der Waals surface area (Å²) in [4.78, 5) is 24.9. The molecule has 2 aromatic rings. The molecule has 32 heavy (non-hydrogen) atoms. The molecule has 178 valence electrons. The highest BCUT2D eigenvalue weighted by Gasteiger charge is 2.06. The lowest BCUT2D eigenvalue weighted by atomic mass is 10.3. The Morgan fingerprint density at radius 1 is 0.469 bits per heavy atom. The monoisotopic (exact) mass is 450 g/mol. The van der Waals surface area contributed by atoms with Gasteiger partial charge in [0.15, 0.2) is 0 Å². The Bertz CT molecular complexity index is 744. The molecule has 2 aromatic heterocycles. The van der Waals surface area contributed by atoms with Crippen molar-refractivity contribution in [3.8, 4) is 0 Å². The molecule has 0 atom stereocenters. The summed E-state index contributed by atoms with van der Waals surface area (Å²) in [5, 5.41) is 30.4. The van der Waals surface area contributed by atoms with Crippen LogP contribution in [0.15, 0.2) is 0 Å². The molecule has 0 aliphatic rings. The molecule has 0 saturated heterocycles. The van der Waals surface area contributed by atoms with Gasteiger partial charge in [-0.1, -0.05) is 0 Å². The standard InChI is InChI=1S/C18H34N12O2/c19-13-25-14(20)27-15(26-13)21-7-1-2-8-22-16-28-17(23-9-3-5-11-31)30-18(29-16)24-10-4-6-12-32/h31-32H,1-12H2,(H5,19,20,21,25,26,27)(H3,22,23,24,28,29,30). The second-order valence-corrected chi connectivity index (χ2v) is 6.96. The van der Waals surface area contributed by atoms with Crippen LogP contribution in [0.4, 0.5) is 35.7 Å². The zero-order valence-electron chi connectivity index (χ0n) is 18.2. The van der Waals surface area contributed by atoms with Crippen molar-refractivity contribution in [3.05, 3.63) is 0 Å². The van der Waals surface area contributed by atoms with Crippen molar-refractivity contribution in [2.24, 2.45) is 0 Å². The first kappa shape index (κ1) is 25.0. The van der Waals surface area contributed by atoms with Crippen LogP contribution in [0, 0.1) is 0 Å². The smallest absolute Gasteiger partial charge is 0.229 e. The third-order valence-electron chi connectivity index (χ3n) is 4.21. The molecule has 0 radical (unpaired) electrons. The lowest BCUT2D eigenvalue weighted by Crippen LogP contribution is -2.15. The van der Waals surface area contributed by atoms with Gasteiger partial charge in [0.25, 0.3) is 0 Å². The number of aliphatic hydroxyl groups excluding tert-OH is 2. The summed E-state index contributed by atoms with van der Waals surface area (Å²) in [6, 6.07) is 0. The molecule has 10 N–H and O–H groups in total. The van der Waals surface area contributed by atoms with Crippen LogP contribution in [0.25, 0.3) is 0 Å². The Balaban J connectivity index is 1.79. The van der Waals surface area contributed by atoms with Crippen LogP contribution >= 0.6 is 0 Å². The van der Waals surface area contributed by atoms with Crippen molar-refractivity contribution in [2.75, 3.05) is 72.1 Å². The number of anilines is 6. The first-order chi connectivity index (χ1) is 15.6. The predicted molar refractivity (Wildman–Crippen MR) is 124 cm³/mol. The fourth-order valence-corrected chi connectivity index (χ4v) is 2.63. The molecule has 2 heterocycles. The van der Waals surface area contributed by atoms with Gasteiger partial charge in [0.2, 0.25) is 35.7 Å². The van der Waals surface area contributed by atoms with Gasteiger partial charge in [-0.2, -0.15) is 29.9 Å². The summed E-state index contributed by atoms with van der Waals surface area (Å²) in [6.07, 6.45) is 4.77. The lowest BCUT2D eigenvalue weighted by Gasteiger charge is -2.11. The minimum Gasteiger partial charge on any atom is -0.396 e. The summed E-state index contributed by atoms with van der Waals surface area (Å²) < 4.78 is 0. The van der Waals surface area contributed by atoms with Gasteiger partial charge in [0.1, 0.15) is 0 Å². The van der Waals surface area contributed by atoms with Crippen LogP contribution in [0.5, 0.6) is 0 Å². The number of nitrogens with two attached hydrogens (primary N) is 2. The van der Waals surface area contributed by atoms with Crippen LogP contribution in [0.1, 0.15) is 38.5 Å². The molecular formula is C18H34N12O2. The molecular weight excluding hydrogens is 416 g/mol. The SMILES string of the molecule is Nc1nc(N)nc(NCCCCNc2nc(NCCCCO)nc(NCCCCO)n2)n1. The van der Waals surface area contributed by atoms with Gasteiger partial charge in [0, 0.05) is 39.4 Å². The van der Waals surface area contributed by atoms with Gasteiger partial charge >= 0.3 is 0 Å². The fraction of sp³-hybridized carbons (Fsp3) is 0.667. The van der Waals surface area contributed by atoms with E-state index >= 15 is 0 Å². The third-order valence-corrected chi connectivity index (χ3v) is 4.21. The normalized spacial score (nSPS) is 10.7. The second kappa shape index (κ2) is 14.7. The zero-order chi connectivity index (χ0) is 23.0. The molecule has 0 aliphatic carbocycles. The van der Waals surface area contributed by atoms with E-state index in [0.29, 0.717) is 62.8 Å². The Morgan fingerprint density at radius 2 is 0.781 bits per heavy atom. The van der Waals surface area contributed by atoms with E-state index in [-0.39, 0.29) is 25.1 Å². The van der Waals surface area contributed by atoms with E-state index in [2.05, 4.69) is 51.2 Å². The van der Waals surface area contributed by atoms with E-state index in [0.717, 1.165) is 25.7 Å². The number of nitrogens with one attached hydrogen (secondary N) is 4. The average Bonchev–Trinajstić information content (AvgIpc) is 2.76. The highest BCUT2D eigenvalue weighted by Crippen LogP contribution is 2.10. The molecule has 14 heteroatoms. The average molecular weight is 451 g/mol. The molecule has 0 aromatic carbocycles.